The Balaban J connectivity index is 2.27. The minimum absolute atomic E-state index is 0.0134. The second-order valence-electron chi connectivity index (χ2n) is 6.21. The van der Waals surface area contributed by atoms with Gasteiger partial charge in [0.25, 0.3) is 5.56 Å². The number of rotatable bonds is 6. The van der Waals surface area contributed by atoms with Crippen molar-refractivity contribution in [1.82, 2.24) is 9.78 Å². The first-order valence-electron chi connectivity index (χ1n) is 8.83. The molecule has 28 heavy (non-hydrogen) atoms. The molecule has 7 heteroatoms. The van der Waals surface area contributed by atoms with Crippen molar-refractivity contribution in [3.05, 3.63) is 76.6 Å². The summed E-state index contributed by atoms with van der Waals surface area (Å²) in [6.07, 6.45) is 0. The Morgan fingerprint density at radius 3 is 2.11 bits per heavy atom. The van der Waals surface area contributed by atoms with Crippen molar-refractivity contribution in [3.63, 3.8) is 0 Å². The number of benzene rings is 2. The van der Waals surface area contributed by atoms with Crippen LogP contribution in [-0.4, -0.2) is 29.7 Å². The summed E-state index contributed by atoms with van der Waals surface area (Å²) in [6, 6.07) is 20.4. The van der Waals surface area contributed by atoms with Crippen LogP contribution in [0.1, 0.15) is 12.5 Å². The van der Waals surface area contributed by atoms with Crippen LogP contribution in [0.25, 0.3) is 22.4 Å². The molecule has 0 unspecified atom stereocenters. The van der Waals surface area contributed by atoms with Gasteiger partial charge in [0.2, 0.25) is 0 Å². The Morgan fingerprint density at radius 1 is 1.00 bits per heavy atom. The quantitative estimate of drug-likeness (QED) is 0.642. The monoisotopic (exact) mass is 393 g/mol. The second-order valence-corrected chi connectivity index (χ2v) is 8.68. The highest BCUT2D eigenvalue weighted by molar-refractivity contribution is 7.91. The van der Waals surface area contributed by atoms with Crippen LogP contribution in [0.3, 0.4) is 0 Å². The van der Waals surface area contributed by atoms with E-state index in [1.807, 2.05) is 66.7 Å². The zero-order valence-electron chi connectivity index (χ0n) is 15.4. The van der Waals surface area contributed by atoms with E-state index in [2.05, 4.69) is 5.10 Å². The molecule has 2 aromatic carbocycles. The summed E-state index contributed by atoms with van der Waals surface area (Å²) in [5.74, 6) is -0.222. The Bertz CT molecular complexity index is 1180. The normalized spacial score (nSPS) is 11.1. The van der Waals surface area contributed by atoms with Gasteiger partial charge in [0.1, 0.15) is 17.3 Å². The number of nitriles is 1. The van der Waals surface area contributed by atoms with Gasteiger partial charge >= 0.3 is 0 Å². The van der Waals surface area contributed by atoms with E-state index in [1.165, 1.54) is 0 Å². The highest BCUT2D eigenvalue weighted by atomic mass is 32.2. The molecule has 0 aliphatic carbocycles. The summed E-state index contributed by atoms with van der Waals surface area (Å²) < 4.78 is 24.8. The summed E-state index contributed by atoms with van der Waals surface area (Å²) in [6.45, 7) is 1.46. The zero-order valence-corrected chi connectivity index (χ0v) is 16.2. The van der Waals surface area contributed by atoms with E-state index < -0.39 is 15.4 Å². The van der Waals surface area contributed by atoms with Crippen LogP contribution in [0, 0.1) is 11.3 Å². The SMILES string of the molecule is CCS(=O)(=O)CCn1nc(-c2ccccc2)c(-c2ccccc2)c(C#N)c1=O. The molecule has 0 aliphatic rings. The number of hydrogen-bond donors (Lipinski definition) is 0. The molecule has 6 nitrogen and oxygen atoms in total. The largest absolute Gasteiger partial charge is 0.285 e. The molecule has 1 aromatic heterocycles. The van der Waals surface area contributed by atoms with Crippen LogP contribution in [0.5, 0.6) is 0 Å². The van der Waals surface area contributed by atoms with Crippen LogP contribution < -0.4 is 5.56 Å². The van der Waals surface area contributed by atoms with Crippen LogP contribution in [0.15, 0.2) is 65.5 Å². The Labute approximate surface area is 163 Å². The van der Waals surface area contributed by atoms with Gasteiger partial charge in [0.05, 0.1) is 12.3 Å². The highest BCUT2D eigenvalue weighted by Crippen LogP contribution is 2.31. The minimum Gasteiger partial charge on any atom is -0.266 e. The minimum atomic E-state index is -3.28. The van der Waals surface area contributed by atoms with Crippen molar-refractivity contribution >= 4 is 9.84 Å². The molecule has 0 spiro atoms. The average Bonchev–Trinajstić information content (AvgIpc) is 2.73. The molecule has 142 valence electrons. The molecule has 0 saturated heterocycles. The van der Waals surface area contributed by atoms with E-state index in [0.717, 1.165) is 10.2 Å². The lowest BCUT2D eigenvalue weighted by atomic mass is 9.96. The summed E-state index contributed by atoms with van der Waals surface area (Å²) in [4.78, 5) is 12.9. The molecule has 0 fully saturated rings. The van der Waals surface area contributed by atoms with Gasteiger partial charge in [-0.05, 0) is 5.56 Å². The van der Waals surface area contributed by atoms with E-state index in [0.29, 0.717) is 16.8 Å². The number of nitrogens with zero attached hydrogens (tertiary/aromatic N) is 3. The van der Waals surface area contributed by atoms with E-state index in [-0.39, 0.29) is 23.6 Å². The third-order valence-electron chi connectivity index (χ3n) is 4.43. The van der Waals surface area contributed by atoms with Crippen LogP contribution in [-0.2, 0) is 16.4 Å². The van der Waals surface area contributed by atoms with Crippen molar-refractivity contribution < 1.29 is 8.42 Å². The molecule has 0 radical (unpaired) electrons. The molecule has 0 saturated carbocycles. The van der Waals surface area contributed by atoms with Gasteiger partial charge in [0.15, 0.2) is 9.84 Å². The molecule has 0 N–H and O–H groups in total. The first-order valence-corrected chi connectivity index (χ1v) is 10.7. The van der Waals surface area contributed by atoms with Crippen LogP contribution >= 0.6 is 0 Å². The first kappa shape index (κ1) is 19.5. The molecular weight excluding hydrogens is 374 g/mol. The maximum absolute atomic E-state index is 12.9. The maximum atomic E-state index is 12.9. The predicted molar refractivity (Wildman–Crippen MR) is 108 cm³/mol. The number of aryl methyl sites for hydroxylation is 1. The predicted octanol–water partition coefficient (Wildman–Crippen LogP) is 2.88. The summed E-state index contributed by atoms with van der Waals surface area (Å²) in [7, 11) is -3.28. The van der Waals surface area contributed by atoms with Crippen molar-refractivity contribution in [2.24, 2.45) is 0 Å². The topological polar surface area (TPSA) is 92.8 Å². The van der Waals surface area contributed by atoms with E-state index in [1.54, 1.807) is 6.92 Å². The molecule has 0 aliphatic heterocycles. The van der Waals surface area contributed by atoms with E-state index in [4.69, 9.17) is 0 Å². The van der Waals surface area contributed by atoms with Gasteiger partial charge in [-0.3, -0.25) is 4.79 Å². The van der Waals surface area contributed by atoms with Gasteiger partial charge in [-0.25, -0.2) is 13.1 Å². The van der Waals surface area contributed by atoms with Gasteiger partial charge in [-0.15, -0.1) is 0 Å². The fourth-order valence-corrected chi connectivity index (χ4v) is 3.62. The Kier molecular flexibility index (Phi) is 5.71. The first-order chi connectivity index (χ1) is 13.5. The molecule has 3 rings (SSSR count). The van der Waals surface area contributed by atoms with Crippen molar-refractivity contribution in [3.8, 4) is 28.5 Å². The van der Waals surface area contributed by atoms with Crippen LogP contribution in [0.4, 0.5) is 0 Å². The third kappa shape index (κ3) is 4.02. The molecular formula is C21H19N3O3S. The van der Waals surface area contributed by atoms with Gasteiger partial charge in [0, 0.05) is 16.9 Å². The van der Waals surface area contributed by atoms with E-state index in [9.17, 15) is 18.5 Å². The summed E-state index contributed by atoms with van der Waals surface area (Å²) in [5, 5.41) is 14.2. The summed E-state index contributed by atoms with van der Waals surface area (Å²) >= 11 is 0. The van der Waals surface area contributed by atoms with Crippen molar-refractivity contribution in [2.75, 3.05) is 11.5 Å². The zero-order chi connectivity index (χ0) is 20.1. The smallest absolute Gasteiger partial charge is 0.266 e. The molecule has 0 amide bonds. The number of sulfone groups is 1. The van der Waals surface area contributed by atoms with Crippen LogP contribution in [0.2, 0.25) is 0 Å². The number of hydrogen-bond acceptors (Lipinski definition) is 5. The maximum Gasteiger partial charge on any atom is 0.285 e. The molecule has 1 heterocycles. The lowest BCUT2D eigenvalue weighted by molar-refractivity contribution is 0.573. The molecule has 3 aromatic rings. The van der Waals surface area contributed by atoms with E-state index >= 15 is 0 Å². The van der Waals surface area contributed by atoms with Gasteiger partial charge in [-0.2, -0.15) is 10.4 Å². The summed E-state index contributed by atoms with van der Waals surface area (Å²) in [5.41, 5.74) is 1.73. The third-order valence-corrected chi connectivity index (χ3v) is 6.12. The Morgan fingerprint density at radius 2 is 1.57 bits per heavy atom. The van der Waals surface area contributed by atoms with Crippen molar-refractivity contribution in [2.45, 2.75) is 13.5 Å². The lowest BCUT2D eigenvalue weighted by Crippen LogP contribution is -2.30. The Hall–Kier alpha value is -3.24. The fraction of sp³-hybridized carbons (Fsp3) is 0.190. The van der Waals surface area contributed by atoms with Gasteiger partial charge < -0.3 is 0 Å². The molecule has 0 atom stereocenters. The second kappa shape index (κ2) is 8.19. The standard InChI is InChI=1S/C21H19N3O3S/c1-2-28(26,27)14-13-24-21(25)18(15-22)19(16-9-5-3-6-10-16)20(23-24)17-11-7-4-8-12-17/h3-12H,2,13-14H2,1H3. The highest BCUT2D eigenvalue weighted by Gasteiger charge is 2.21. The van der Waals surface area contributed by atoms with Gasteiger partial charge in [-0.1, -0.05) is 67.6 Å². The number of aromatic nitrogens is 2. The van der Waals surface area contributed by atoms with Crippen molar-refractivity contribution in [1.29, 1.82) is 5.26 Å². The average molecular weight is 393 g/mol. The molecule has 0 bridgehead atoms. The fourth-order valence-electron chi connectivity index (χ4n) is 2.88. The lowest BCUT2D eigenvalue weighted by Gasteiger charge is -2.14.